The lowest BCUT2D eigenvalue weighted by atomic mass is 10.0. The van der Waals surface area contributed by atoms with Crippen molar-refractivity contribution < 1.29 is 4.79 Å². The van der Waals surface area contributed by atoms with Gasteiger partial charge in [0.1, 0.15) is 0 Å². The topological polar surface area (TPSA) is 38.8 Å². The summed E-state index contributed by atoms with van der Waals surface area (Å²) in [6, 6.07) is 1.88. The first-order chi connectivity index (χ1) is 12.3. The first kappa shape index (κ1) is 17.7. The lowest BCUT2D eigenvalue weighted by Crippen LogP contribution is -2.50. The highest BCUT2D eigenvalue weighted by atomic mass is 16.2. The number of rotatable bonds is 6. The predicted octanol–water partition coefficient (Wildman–Crippen LogP) is 1.68. The Bertz CT molecular complexity index is 439. The second-order valence-electron chi connectivity index (χ2n) is 8.74. The van der Waals surface area contributed by atoms with Crippen LogP contribution in [0.3, 0.4) is 0 Å². The molecule has 0 aromatic rings. The van der Waals surface area contributed by atoms with Gasteiger partial charge in [0.05, 0.1) is 6.54 Å². The Morgan fingerprint density at radius 2 is 1.60 bits per heavy atom. The van der Waals surface area contributed by atoms with E-state index in [1.165, 1.54) is 77.7 Å². The molecule has 1 amide bonds. The molecule has 3 aliphatic heterocycles. The Balaban J connectivity index is 1.18. The molecule has 142 valence electrons. The summed E-state index contributed by atoms with van der Waals surface area (Å²) in [5, 5.41) is 3.33. The van der Waals surface area contributed by atoms with Crippen LogP contribution in [0.2, 0.25) is 0 Å². The fourth-order valence-electron chi connectivity index (χ4n) is 5.06. The van der Waals surface area contributed by atoms with E-state index in [2.05, 4.69) is 20.0 Å². The molecule has 4 fully saturated rings. The van der Waals surface area contributed by atoms with Gasteiger partial charge in [0.25, 0.3) is 0 Å². The molecular formula is C20H36N4O. The van der Waals surface area contributed by atoms with Crippen molar-refractivity contribution in [3.8, 4) is 0 Å². The minimum Gasteiger partial charge on any atom is -0.352 e. The Morgan fingerprint density at radius 1 is 0.840 bits per heavy atom. The highest BCUT2D eigenvalue weighted by Crippen LogP contribution is 2.29. The van der Waals surface area contributed by atoms with Crippen LogP contribution in [0.15, 0.2) is 0 Å². The van der Waals surface area contributed by atoms with Gasteiger partial charge in [-0.1, -0.05) is 6.42 Å². The van der Waals surface area contributed by atoms with E-state index in [1.807, 2.05) is 0 Å². The summed E-state index contributed by atoms with van der Waals surface area (Å²) in [5.41, 5.74) is 0. The van der Waals surface area contributed by atoms with Gasteiger partial charge >= 0.3 is 0 Å². The Labute approximate surface area is 153 Å². The monoisotopic (exact) mass is 348 g/mol. The molecule has 3 saturated heterocycles. The molecule has 0 bridgehead atoms. The van der Waals surface area contributed by atoms with Crippen molar-refractivity contribution in [2.24, 2.45) is 0 Å². The van der Waals surface area contributed by atoms with Crippen LogP contribution in [0.25, 0.3) is 0 Å². The molecule has 0 radical (unpaired) electrons. The molecule has 3 heterocycles. The zero-order chi connectivity index (χ0) is 17.1. The second-order valence-corrected chi connectivity index (χ2v) is 8.74. The van der Waals surface area contributed by atoms with Crippen molar-refractivity contribution in [1.29, 1.82) is 0 Å². The van der Waals surface area contributed by atoms with Gasteiger partial charge in [0.2, 0.25) is 5.91 Å². The first-order valence-corrected chi connectivity index (χ1v) is 10.8. The van der Waals surface area contributed by atoms with Crippen LogP contribution in [0.1, 0.15) is 57.8 Å². The van der Waals surface area contributed by atoms with E-state index in [1.54, 1.807) is 0 Å². The maximum atomic E-state index is 12.6. The van der Waals surface area contributed by atoms with Crippen molar-refractivity contribution in [3.63, 3.8) is 0 Å². The average Bonchev–Trinajstić information content (AvgIpc) is 3.39. The number of carbonyl (C=O) groups excluding carboxylic acids is 1. The molecule has 5 heteroatoms. The lowest BCUT2D eigenvalue weighted by Gasteiger charge is -2.34. The van der Waals surface area contributed by atoms with E-state index in [0.717, 1.165) is 25.4 Å². The maximum absolute atomic E-state index is 12.6. The summed E-state index contributed by atoms with van der Waals surface area (Å²) in [6.07, 6.45) is 11.7. The molecule has 4 rings (SSSR count). The van der Waals surface area contributed by atoms with Crippen molar-refractivity contribution in [2.75, 3.05) is 45.8 Å². The fourth-order valence-corrected chi connectivity index (χ4v) is 5.06. The molecule has 1 N–H and O–H groups in total. The normalized spacial score (nSPS) is 30.6. The quantitative estimate of drug-likeness (QED) is 0.793. The highest BCUT2D eigenvalue weighted by molar-refractivity contribution is 5.78. The van der Waals surface area contributed by atoms with Gasteiger partial charge in [-0.3, -0.25) is 9.69 Å². The van der Waals surface area contributed by atoms with Crippen LogP contribution >= 0.6 is 0 Å². The number of hydrogen-bond acceptors (Lipinski definition) is 4. The van der Waals surface area contributed by atoms with E-state index in [0.29, 0.717) is 18.6 Å². The molecule has 0 spiro atoms. The summed E-state index contributed by atoms with van der Waals surface area (Å²) in [4.78, 5) is 20.2. The molecule has 5 nitrogen and oxygen atoms in total. The van der Waals surface area contributed by atoms with Crippen LogP contribution in [0, 0.1) is 0 Å². The van der Waals surface area contributed by atoms with Crippen molar-refractivity contribution >= 4 is 5.91 Å². The van der Waals surface area contributed by atoms with Crippen molar-refractivity contribution in [2.45, 2.75) is 75.9 Å². The van der Waals surface area contributed by atoms with Gasteiger partial charge in [-0.05, 0) is 71.0 Å². The SMILES string of the molecule is O=C(CN1CCCC1CN1CCCCC1)NC1CCN(C2CC2)CC1. The molecule has 0 aromatic heterocycles. The summed E-state index contributed by atoms with van der Waals surface area (Å²) in [5.74, 6) is 0.260. The van der Waals surface area contributed by atoms with E-state index in [4.69, 9.17) is 0 Å². The molecule has 1 unspecified atom stereocenters. The largest absolute Gasteiger partial charge is 0.352 e. The number of likely N-dealkylation sites (tertiary alicyclic amines) is 3. The molecule has 1 saturated carbocycles. The summed E-state index contributed by atoms with van der Waals surface area (Å²) < 4.78 is 0. The summed E-state index contributed by atoms with van der Waals surface area (Å²) in [7, 11) is 0. The number of amides is 1. The Morgan fingerprint density at radius 3 is 2.32 bits per heavy atom. The summed E-state index contributed by atoms with van der Waals surface area (Å²) >= 11 is 0. The van der Waals surface area contributed by atoms with Crippen LogP contribution in [0.4, 0.5) is 0 Å². The van der Waals surface area contributed by atoms with Crippen LogP contribution in [0.5, 0.6) is 0 Å². The highest BCUT2D eigenvalue weighted by Gasteiger charge is 2.33. The number of nitrogens with one attached hydrogen (secondary N) is 1. The molecule has 0 aromatic carbocycles. The second kappa shape index (κ2) is 8.36. The molecular weight excluding hydrogens is 312 g/mol. The molecule has 1 aliphatic carbocycles. The third kappa shape index (κ3) is 4.95. The maximum Gasteiger partial charge on any atom is 0.234 e. The van der Waals surface area contributed by atoms with Crippen LogP contribution < -0.4 is 5.32 Å². The number of piperidine rings is 2. The van der Waals surface area contributed by atoms with Crippen molar-refractivity contribution in [3.05, 3.63) is 0 Å². The Hall–Kier alpha value is -0.650. The zero-order valence-corrected chi connectivity index (χ0v) is 15.8. The van der Waals surface area contributed by atoms with E-state index >= 15 is 0 Å². The third-order valence-corrected chi connectivity index (χ3v) is 6.72. The number of nitrogens with zero attached hydrogens (tertiary/aromatic N) is 3. The Kier molecular flexibility index (Phi) is 5.94. The number of carbonyl (C=O) groups is 1. The lowest BCUT2D eigenvalue weighted by molar-refractivity contribution is -0.123. The van der Waals surface area contributed by atoms with Gasteiger partial charge in [-0.25, -0.2) is 0 Å². The minimum absolute atomic E-state index is 0.260. The van der Waals surface area contributed by atoms with Crippen molar-refractivity contribution in [1.82, 2.24) is 20.0 Å². The average molecular weight is 349 g/mol. The van der Waals surface area contributed by atoms with Gasteiger partial charge in [-0.2, -0.15) is 0 Å². The minimum atomic E-state index is 0.260. The predicted molar refractivity (Wildman–Crippen MR) is 101 cm³/mol. The standard InChI is InChI=1S/C20H36N4O/c25-20(21-17-8-13-23(14-9-17)18-6-7-18)16-24-12-4-5-19(24)15-22-10-2-1-3-11-22/h17-19H,1-16H2,(H,21,25). The first-order valence-electron chi connectivity index (χ1n) is 10.8. The smallest absolute Gasteiger partial charge is 0.234 e. The van der Waals surface area contributed by atoms with Crippen LogP contribution in [-0.2, 0) is 4.79 Å². The van der Waals surface area contributed by atoms with E-state index < -0.39 is 0 Å². The van der Waals surface area contributed by atoms with E-state index in [9.17, 15) is 4.79 Å². The third-order valence-electron chi connectivity index (χ3n) is 6.72. The molecule has 4 aliphatic rings. The zero-order valence-electron chi connectivity index (χ0n) is 15.8. The fraction of sp³-hybridized carbons (Fsp3) is 0.950. The molecule has 25 heavy (non-hydrogen) atoms. The molecule has 1 atom stereocenters. The number of hydrogen-bond donors (Lipinski definition) is 1. The van der Waals surface area contributed by atoms with Crippen LogP contribution in [-0.4, -0.2) is 84.5 Å². The van der Waals surface area contributed by atoms with Gasteiger partial charge in [0.15, 0.2) is 0 Å². The van der Waals surface area contributed by atoms with Gasteiger partial charge in [-0.15, -0.1) is 0 Å². The van der Waals surface area contributed by atoms with Gasteiger partial charge < -0.3 is 15.1 Å². The van der Waals surface area contributed by atoms with E-state index in [-0.39, 0.29) is 5.91 Å². The van der Waals surface area contributed by atoms with Gasteiger partial charge in [0, 0.05) is 37.8 Å². The summed E-state index contributed by atoms with van der Waals surface area (Å²) in [6.45, 7) is 7.76.